The van der Waals surface area contributed by atoms with Crippen molar-refractivity contribution < 1.29 is 9.47 Å². The van der Waals surface area contributed by atoms with E-state index in [4.69, 9.17) is 31.8 Å². The summed E-state index contributed by atoms with van der Waals surface area (Å²) in [5.41, 5.74) is 3.18. The van der Waals surface area contributed by atoms with Crippen molar-refractivity contribution in [1.29, 1.82) is 15.8 Å². The molecule has 0 spiro atoms. The van der Waals surface area contributed by atoms with Crippen LogP contribution in [-0.2, 0) is 0 Å². The van der Waals surface area contributed by atoms with Crippen LogP contribution in [0.15, 0.2) is 59.8 Å². The van der Waals surface area contributed by atoms with E-state index in [0.717, 1.165) is 35.5 Å². The van der Waals surface area contributed by atoms with Crippen molar-refractivity contribution in [2.75, 3.05) is 13.2 Å². The monoisotopic (exact) mass is 450 g/mol. The number of nitriles is 3. The van der Waals surface area contributed by atoms with Gasteiger partial charge in [-0.2, -0.15) is 10.5 Å². The molecule has 34 heavy (non-hydrogen) atoms. The van der Waals surface area contributed by atoms with Gasteiger partial charge in [0, 0.05) is 0 Å². The highest BCUT2D eigenvalue weighted by Gasteiger charge is 2.07. The van der Waals surface area contributed by atoms with Gasteiger partial charge in [0.25, 0.3) is 5.70 Å². The highest BCUT2D eigenvalue weighted by molar-refractivity contribution is 5.74. The third-order valence-electron chi connectivity index (χ3n) is 5.50. The molecule has 0 bridgehead atoms. The lowest BCUT2D eigenvalue weighted by Crippen LogP contribution is -2.08. The maximum atomic E-state index is 9.00. The Morgan fingerprint density at radius 3 is 1.62 bits per heavy atom. The number of ether oxygens (including phenoxy) is 2. The first-order chi connectivity index (χ1) is 16.4. The molecule has 2 rings (SSSR count). The summed E-state index contributed by atoms with van der Waals surface area (Å²) in [6, 6.07) is 20.5. The third-order valence-corrected chi connectivity index (χ3v) is 5.50. The quantitative estimate of drug-likeness (QED) is 0.302. The van der Waals surface area contributed by atoms with Crippen molar-refractivity contribution in [3.63, 3.8) is 0 Å². The summed E-state index contributed by atoms with van der Waals surface area (Å²) in [4.78, 5) is 3.25. The van der Waals surface area contributed by atoms with Crippen LogP contribution in [0.3, 0.4) is 0 Å². The maximum absolute atomic E-state index is 9.00. The van der Waals surface area contributed by atoms with E-state index in [9.17, 15) is 0 Å². The first-order valence-corrected chi connectivity index (χ1v) is 10.9. The molecule has 0 amide bonds. The Bertz CT molecular complexity index is 1080. The highest BCUT2D eigenvalue weighted by Crippen LogP contribution is 2.23. The van der Waals surface area contributed by atoms with Gasteiger partial charge in [0.2, 0.25) is 0 Å². The Kier molecular flexibility index (Phi) is 9.94. The number of hydrogen-bond donors (Lipinski definition) is 0. The zero-order valence-electron chi connectivity index (χ0n) is 19.6. The molecule has 0 radical (unpaired) electrons. The predicted molar refractivity (Wildman–Crippen MR) is 131 cm³/mol. The molecule has 0 N–H and O–H groups in total. The van der Waals surface area contributed by atoms with Gasteiger partial charge in [0.05, 0.1) is 25.9 Å². The minimum absolute atomic E-state index is 0.0970. The van der Waals surface area contributed by atoms with Crippen LogP contribution in [0.4, 0.5) is 0 Å². The Morgan fingerprint density at radius 1 is 0.794 bits per heavy atom. The van der Waals surface area contributed by atoms with Gasteiger partial charge in [-0.15, -0.1) is 0 Å². The second kappa shape index (κ2) is 13.1. The fourth-order valence-corrected chi connectivity index (χ4v) is 3.17. The van der Waals surface area contributed by atoms with Crippen molar-refractivity contribution >= 4 is 11.1 Å². The molecule has 0 saturated heterocycles. The molecule has 0 aliphatic rings. The van der Waals surface area contributed by atoms with Crippen LogP contribution < -0.4 is 9.47 Å². The summed E-state index contributed by atoms with van der Waals surface area (Å²) in [7, 11) is 0. The summed E-state index contributed by atoms with van der Waals surface area (Å²) < 4.78 is 11.7. The first-order valence-electron chi connectivity index (χ1n) is 10.9. The molecule has 170 valence electrons. The van der Waals surface area contributed by atoms with Crippen LogP contribution in [0, 0.1) is 46.5 Å². The van der Waals surface area contributed by atoms with Crippen LogP contribution in [-0.4, -0.2) is 13.2 Å². The van der Waals surface area contributed by atoms with Crippen LogP contribution in [0.5, 0.6) is 11.5 Å². The van der Waals surface area contributed by atoms with Crippen molar-refractivity contribution in [3.05, 3.63) is 82.3 Å². The summed E-state index contributed by atoms with van der Waals surface area (Å²) in [6.45, 7) is 13.9. The van der Waals surface area contributed by atoms with Gasteiger partial charge in [-0.3, -0.25) is 0 Å². The fourth-order valence-electron chi connectivity index (χ4n) is 3.17. The highest BCUT2D eigenvalue weighted by atomic mass is 16.5. The van der Waals surface area contributed by atoms with Crippen LogP contribution in [0.25, 0.3) is 16.0 Å². The average molecular weight is 451 g/mol. The molecule has 0 fully saturated rings. The largest absolute Gasteiger partial charge is 0.494 e. The summed E-state index contributed by atoms with van der Waals surface area (Å²) in [5.74, 6) is 1.92. The topological polar surface area (TPSA) is 94.2 Å². The van der Waals surface area contributed by atoms with Crippen LogP contribution in [0.1, 0.15) is 44.7 Å². The molecule has 0 aliphatic carbocycles. The number of benzene rings is 2. The smallest absolute Gasteiger partial charge is 0.265 e. The lowest BCUT2D eigenvalue weighted by molar-refractivity contribution is 0.245. The van der Waals surface area contributed by atoms with E-state index in [-0.39, 0.29) is 11.3 Å². The molecule has 6 nitrogen and oxygen atoms in total. The molecule has 2 aromatic carbocycles. The Hall–Kier alpha value is -4.52. The molecule has 0 saturated carbocycles. The number of allylic oxidation sites excluding steroid dienone is 4. The van der Waals surface area contributed by atoms with Gasteiger partial charge >= 0.3 is 0 Å². The lowest BCUT2D eigenvalue weighted by Gasteiger charge is -2.14. The normalized spacial score (nSPS) is 11.5. The van der Waals surface area contributed by atoms with Crippen molar-refractivity contribution in [1.82, 2.24) is 0 Å². The molecule has 2 aromatic rings. The molecule has 0 heterocycles. The van der Waals surface area contributed by atoms with Crippen molar-refractivity contribution in [2.45, 2.75) is 33.6 Å². The number of nitrogens with zero attached hydrogens (tertiary/aromatic N) is 4. The van der Waals surface area contributed by atoms with Crippen molar-refractivity contribution in [3.8, 4) is 29.7 Å². The van der Waals surface area contributed by atoms with Gasteiger partial charge in [-0.05, 0) is 79.1 Å². The molecule has 6 heteroatoms. The zero-order chi connectivity index (χ0) is 24.9. The van der Waals surface area contributed by atoms with E-state index in [1.807, 2.05) is 66.7 Å². The first kappa shape index (κ1) is 25.7. The third kappa shape index (κ3) is 7.27. The molecule has 1 unspecified atom stereocenters. The van der Waals surface area contributed by atoms with Gasteiger partial charge in [-0.25, -0.2) is 10.1 Å². The fraction of sp³-hybridized carbons (Fsp3) is 0.286. The standard InChI is InChI=1S/C28H26N4O2/c1-20(13-15-33-26-9-5-23(6-10-26)21(2)25(17-29)18-30)14-16-34-27-11-7-24(8-12-27)22(3)28(19-31)32-4/h5-12,20H,13-16H2,1-3H3/b28-22+. The average Bonchev–Trinajstić information content (AvgIpc) is 2.86. The number of rotatable bonds is 10. The van der Waals surface area contributed by atoms with Gasteiger partial charge in [-0.1, -0.05) is 31.2 Å². The van der Waals surface area contributed by atoms with E-state index in [1.54, 1.807) is 13.8 Å². The maximum Gasteiger partial charge on any atom is 0.265 e. The SMILES string of the molecule is [C-]#[N+]/C(C#N)=C(\C)c1ccc(OCCC(C)CCOc2ccc(C(C)=C(C#N)C#N)cc2)cc1. The second-order valence-electron chi connectivity index (χ2n) is 7.85. The van der Waals surface area contributed by atoms with E-state index < -0.39 is 0 Å². The second-order valence-corrected chi connectivity index (χ2v) is 7.85. The van der Waals surface area contributed by atoms with Crippen LogP contribution >= 0.6 is 0 Å². The summed E-state index contributed by atoms with van der Waals surface area (Å²) in [6.07, 6.45) is 1.77. The van der Waals surface area contributed by atoms with Gasteiger partial charge in [0.15, 0.2) is 0 Å². The van der Waals surface area contributed by atoms with Gasteiger partial charge in [0.1, 0.15) is 29.2 Å². The molecular formula is C28H26N4O2. The zero-order valence-corrected chi connectivity index (χ0v) is 19.6. The number of hydrogen-bond acceptors (Lipinski definition) is 5. The lowest BCUT2D eigenvalue weighted by atomic mass is 10.0. The van der Waals surface area contributed by atoms with E-state index in [0.29, 0.717) is 30.3 Å². The molecule has 1 atom stereocenters. The minimum Gasteiger partial charge on any atom is -0.494 e. The van der Waals surface area contributed by atoms with E-state index in [1.165, 1.54) is 0 Å². The summed E-state index contributed by atoms with van der Waals surface area (Å²) >= 11 is 0. The van der Waals surface area contributed by atoms with Gasteiger partial charge < -0.3 is 9.47 Å². The Labute approximate surface area is 201 Å². The Morgan fingerprint density at radius 2 is 1.24 bits per heavy atom. The van der Waals surface area contributed by atoms with Crippen LogP contribution in [0.2, 0.25) is 0 Å². The predicted octanol–water partition coefficient (Wildman–Crippen LogP) is 6.56. The molecule has 0 aliphatic heterocycles. The molecule has 0 aromatic heterocycles. The van der Waals surface area contributed by atoms with E-state index >= 15 is 0 Å². The molecular weight excluding hydrogens is 424 g/mol. The minimum atomic E-state index is 0.0970. The summed E-state index contributed by atoms with van der Waals surface area (Å²) in [5, 5.41) is 27.0. The van der Waals surface area contributed by atoms with Crippen molar-refractivity contribution in [2.24, 2.45) is 5.92 Å². The van der Waals surface area contributed by atoms with E-state index in [2.05, 4.69) is 11.8 Å². The Balaban J connectivity index is 1.76.